The van der Waals surface area contributed by atoms with E-state index in [9.17, 15) is 0 Å². The average Bonchev–Trinajstić information content (AvgIpc) is 3.21. The van der Waals surface area contributed by atoms with Crippen molar-refractivity contribution in [1.29, 1.82) is 0 Å². The zero-order valence-corrected chi connectivity index (χ0v) is 15.3. The number of hydrogen-bond donors (Lipinski definition) is 3. The lowest BCUT2D eigenvalue weighted by Crippen LogP contribution is -2.02. The van der Waals surface area contributed by atoms with Gasteiger partial charge in [0.15, 0.2) is 5.82 Å². The molecule has 0 aliphatic carbocycles. The molecule has 6 nitrogen and oxygen atoms in total. The normalized spacial score (nSPS) is 10.9. The summed E-state index contributed by atoms with van der Waals surface area (Å²) in [4.78, 5) is 4.64. The van der Waals surface area contributed by atoms with Gasteiger partial charge in [-0.1, -0.05) is 31.2 Å². The molecule has 0 fully saturated rings. The van der Waals surface area contributed by atoms with Crippen LogP contribution in [0.15, 0.2) is 54.7 Å². The van der Waals surface area contributed by atoms with Gasteiger partial charge < -0.3 is 15.8 Å². The van der Waals surface area contributed by atoms with E-state index in [1.165, 1.54) is 5.56 Å². The zero-order valence-electron chi connectivity index (χ0n) is 15.3. The highest BCUT2D eigenvalue weighted by Crippen LogP contribution is 2.39. The van der Waals surface area contributed by atoms with E-state index in [1.54, 1.807) is 13.3 Å². The first-order chi connectivity index (χ1) is 13.2. The molecule has 4 N–H and O–H groups in total. The van der Waals surface area contributed by atoms with Crippen molar-refractivity contribution in [3.8, 4) is 16.9 Å². The van der Waals surface area contributed by atoms with Gasteiger partial charge in [-0.15, -0.1) is 0 Å². The van der Waals surface area contributed by atoms with Crippen LogP contribution >= 0.6 is 0 Å². The van der Waals surface area contributed by atoms with Gasteiger partial charge in [0.05, 0.1) is 7.11 Å². The summed E-state index contributed by atoms with van der Waals surface area (Å²) in [6.45, 7) is 2.14. The third-order valence-electron chi connectivity index (χ3n) is 4.61. The maximum absolute atomic E-state index is 6.26. The number of methoxy groups -OCH3 is 1. The molecule has 0 bridgehead atoms. The Morgan fingerprint density at radius 2 is 2.00 bits per heavy atom. The number of H-pyrrole nitrogens is 1. The number of ether oxygens (including phenoxy) is 1. The number of aromatic amines is 1. The highest BCUT2D eigenvalue weighted by molar-refractivity contribution is 6.06. The van der Waals surface area contributed by atoms with Gasteiger partial charge in [0.25, 0.3) is 0 Å². The summed E-state index contributed by atoms with van der Waals surface area (Å²) >= 11 is 0. The van der Waals surface area contributed by atoms with Gasteiger partial charge in [-0.05, 0) is 35.7 Å². The molecule has 0 spiro atoms. The summed E-state index contributed by atoms with van der Waals surface area (Å²) in [5.74, 6) is 2.57. The Balaban J connectivity index is 2.02. The standard InChI is InChI=1S/C21H21N5O/c1-3-13-5-4-6-14(11-13)19-17-12-15(27-2)7-8-16(17)20(22)25-21(19)24-18-9-10-23-26-18/h4-12H,3H2,1-2H3,(H4,22,23,24,25,26). The molecule has 0 unspecified atom stereocenters. The van der Waals surface area contributed by atoms with Crippen LogP contribution in [-0.4, -0.2) is 22.3 Å². The maximum Gasteiger partial charge on any atom is 0.153 e. The fourth-order valence-corrected chi connectivity index (χ4v) is 3.23. The Labute approximate surface area is 157 Å². The third-order valence-corrected chi connectivity index (χ3v) is 4.61. The number of benzene rings is 2. The number of hydrogen-bond acceptors (Lipinski definition) is 5. The van der Waals surface area contributed by atoms with Crippen LogP contribution in [0, 0.1) is 0 Å². The minimum atomic E-state index is 0.459. The molecule has 0 saturated carbocycles. The molecule has 0 atom stereocenters. The number of nitrogens with zero attached hydrogens (tertiary/aromatic N) is 2. The van der Waals surface area contributed by atoms with E-state index in [1.807, 2.05) is 24.3 Å². The highest BCUT2D eigenvalue weighted by Gasteiger charge is 2.16. The molecule has 0 amide bonds. The molecule has 0 aliphatic rings. The van der Waals surface area contributed by atoms with Gasteiger partial charge in [-0.2, -0.15) is 5.10 Å². The average molecular weight is 359 g/mol. The van der Waals surface area contributed by atoms with Crippen LogP contribution in [0.5, 0.6) is 5.75 Å². The second-order valence-electron chi connectivity index (χ2n) is 6.27. The molecule has 0 radical (unpaired) electrons. The van der Waals surface area contributed by atoms with Crippen molar-refractivity contribution in [3.05, 3.63) is 60.3 Å². The zero-order chi connectivity index (χ0) is 18.8. The van der Waals surface area contributed by atoms with Crippen LogP contribution < -0.4 is 15.8 Å². The first kappa shape index (κ1) is 16.9. The Morgan fingerprint density at radius 1 is 1.11 bits per heavy atom. The van der Waals surface area contributed by atoms with Crippen LogP contribution in [0.1, 0.15) is 12.5 Å². The van der Waals surface area contributed by atoms with Crippen LogP contribution in [0.4, 0.5) is 17.5 Å². The Morgan fingerprint density at radius 3 is 2.74 bits per heavy atom. The SMILES string of the molecule is CCc1cccc(-c2c(Nc3cc[nH]n3)nc(N)c3ccc(OC)cc23)c1. The number of anilines is 3. The van der Waals surface area contributed by atoms with Crippen LogP contribution in [-0.2, 0) is 6.42 Å². The van der Waals surface area contributed by atoms with Crippen LogP contribution in [0.3, 0.4) is 0 Å². The van der Waals surface area contributed by atoms with Crippen molar-refractivity contribution in [2.24, 2.45) is 0 Å². The highest BCUT2D eigenvalue weighted by atomic mass is 16.5. The Bertz CT molecular complexity index is 1090. The summed E-state index contributed by atoms with van der Waals surface area (Å²) < 4.78 is 5.44. The largest absolute Gasteiger partial charge is 0.497 e. The van der Waals surface area contributed by atoms with Crippen molar-refractivity contribution < 1.29 is 4.74 Å². The lowest BCUT2D eigenvalue weighted by molar-refractivity contribution is 0.415. The minimum Gasteiger partial charge on any atom is -0.497 e. The number of rotatable bonds is 5. The van der Waals surface area contributed by atoms with Gasteiger partial charge in [0, 0.05) is 28.6 Å². The van der Waals surface area contributed by atoms with Crippen LogP contribution in [0.2, 0.25) is 0 Å². The van der Waals surface area contributed by atoms with Gasteiger partial charge in [0.2, 0.25) is 0 Å². The molecule has 0 saturated heterocycles. The summed E-state index contributed by atoms with van der Waals surface area (Å²) in [6, 6.07) is 16.1. The van der Waals surface area contributed by atoms with E-state index in [2.05, 4.69) is 51.7 Å². The van der Waals surface area contributed by atoms with E-state index in [0.29, 0.717) is 17.5 Å². The summed E-state index contributed by atoms with van der Waals surface area (Å²) in [7, 11) is 1.66. The van der Waals surface area contributed by atoms with E-state index in [4.69, 9.17) is 10.5 Å². The molecule has 4 aromatic rings. The predicted molar refractivity (Wildman–Crippen MR) is 109 cm³/mol. The smallest absolute Gasteiger partial charge is 0.153 e. The molecule has 2 heterocycles. The number of nitrogen functional groups attached to an aromatic ring is 1. The molecule has 136 valence electrons. The fourth-order valence-electron chi connectivity index (χ4n) is 3.23. The molecule has 2 aromatic carbocycles. The number of nitrogens with two attached hydrogens (primary N) is 1. The van der Waals surface area contributed by atoms with Crippen molar-refractivity contribution in [2.75, 3.05) is 18.2 Å². The molecular formula is C21H21N5O. The van der Waals surface area contributed by atoms with Crippen LogP contribution in [0.25, 0.3) is 21.9 Å². The number of fused-ring (bicyclic) bond motifs is 1. The van der Waals surface area contributed by atoms with Gasteiger partial charge in [-0.3, -0.25) is 5.10 Å². The first-order valence-corrected chi connectivity index (χ1v) is 8.83. The molecule has 0 aliphatic heterocycles. The quantitative estimate of drug-likeness (QED) is 0.487. The van der Waals surface area contributed by atoms with Gasteiger partial charge in [0.1, 0.15) is 17.4 Å². The Kier molecular flexibility index (Phi) is 4.38. The van der Waals surface area contributed by atoms with E-state index in [0.717, 1.165) is 34.1 Å². The molecule has 2 aromatic heterocycles. The molecule has 4 rings (SSSR count). The monoisotopic (exact) mass is 359 g/mol. The van der Waals surface area contributed by atoms with Crippen molar-refractivity contribution >= 4 is 28.2 Å². The summed E-state index contributed by atoms with van der Waals surface area (Å²) in [6.07, 6.45) is 2.72. The van der Waals surface area contributed by atoms with Crippen molar-refractivity contribution in [3.63, 3.8) is 0 Å². The lowest BCUT2D eigenvalue weighted by atomic mass is 9.97. The third kappa shape index (κ3) is 3.17. The first-order valence-electron chi connectivity index (χ1n) is 8.83. The number of pyridine rings is 1. The Hall–Kier alpha value is -3.54. The minimum absolute atomic E-state index is 0.459. The van der Waals surface area contributed by atoms with Crippen molar-refractivity contribution in [2.45, 2.75) is 13.3 Å². The lowest BCUT2D eigenvalue weighted by Gasteiger charge is -2.16. The maximum atomic E-state index is 6.26. The molecule has 6 heteroatoms. The topological polar surface area (TPSA) is 88.9 Å². The number of aromatic nitrogens is 3. The second-order valence-corrected chi connectivity index (χ2v) is 6.27. The van der Waals surface area contributed by atoms with E-state index in [-0.39, 0.29) is 0 Å². The number of aryl methyl sites for hydroxylation is 1. The molecule has 27 heavy (non-hydrogen) atoms. The summed E-state index contributed by atoms with van der Waals surface area (Å²) in [5.41, 5.74) is 9.55. The van der Waals surface area contributed by atoms with Gasteiger partial charge >= 0.3 is 0 Å². The van der Waals surface area contributed by atoms with E-state index >= 15 is 0 Å². The van der Waals surface area contributed by atoms with Crippen molar-refractivity contribution in [1.82, 2.24) is 15.2 Å². The van der Waals surface area contributed by atoms with Gasteiger partial charge in [-0.25, -0.2) is 4.98 Å². The summed E-state index contributed by atoms with van der Waals surface area (Å²) in [5, 5.41) is 12.1. The predicted octanol–water partition coefficient (Wildman–Crippen LogP) is 4.52. The number of nitrogens with one attached hydrogen (secondary N) is 2. The fraction of sp³-hybridized carbons (Fsp3) is 0.143. The van der Waals surface area contributed by atoms with E-state index < -0.39 is 0 Å². The second kappa shape index (κ2) is 6.99. The molecular weight excluding hydrogens is 338 g/mol.